The Balaban J connectivity index is 1.30. The van der Waals surface area contributed by atoms with Crippen molar-refractivity contribution < 1.29 is 37.5 Å². The summed E-state index contributed by atoms with van der Waals surface area (Å²) in [7, 11) is -4.09. The molecule has 0 aliphatic heterocycles. The van der Waals surface area contributed by atoms with Gasteiger partial charge in [0, 0.05) is 30.7 Å². The number of aliphatic carboxylic acids is 1. The van der Waals surface area contributed by atoms with E-state index in [4.69, 9.17) is 0 Å². The van der Waals surface area contributed by atoms with Crippen molar-refractivity contribution in [2.45, 2.75) is 78.7 Å². The van der Waals surface area contributed by atoms with Crippen LogP contribution in [0, 0.1) is 28.6 Å². The Morgan fingerprint density at radius 1 is 1.02 bits per heavy atom. The van der Waals surface area contributed by atoms with Crippen LogP contribution in [-0.4, -0.2) is 67.8 Å². The van der Waals surface area contributed by atoms with Gasteiger partial charge in [-0.3, -0.25) is 24.0 Å². The molecule has 0 heterocycles. The lowest BCUT2D eigenvalue weighted by atomic mass is 9.70. The molecule has 4 atom stereocenters. The Bertz CT molecular complexity index is 1630. The van der Waals surface area contributed by atoms with Gasteiger partial charge >= 0.3 is 5.97 Å². The molecular formula is C35H47N3O8S. The fourth-order valence-electron chi connectivity index (χ4n) is 7.41. The van der Waals surface area contributed by atoms with Crippen molar-refractivity contribution in [3.05, 3.63) is 48.0 Å². The van der Waals surface area contributed by atoms with Crippen LogP contribution in [0.5, 0.6) is 0 Å². The first-order chi connectivity index (χ1) is 22.1. The van der Waals surface area contributed by atoms with Crippen LogP contribution in [0.3, 0.4) is 0 Å². The smallest absolute Gasteiger partial charge is 0.305 e. The highest BCUT2D eigenvalue weighted by Crippen LogP contribution is 2.64. The molecule has 4 unspecified atom stereocenters. The number of hydrogen-bond donors (Lipinski definition) is 4. The van der Waals surface area contributed by atoms with Crippen molar-refractivity contribution in [3.8, 4) is 0 Å². The molecule has 2 aliphatic rings. The number of amides is 2. The normalized spacial score (nSPS) is 21.5. The second kappa shape index (κ2) is 14.6. The van der Waals surface area contributed by atoms with E-state index >= 15 is 0 Å². The maximum absolute atomic E-state index is 13.3. The molecule has 2 fully saturated rings. The van der Waals surface area contributed by atoms with Gasteiger partial charge in [0.25, 0.3) is 0 Å². The molecule has 4 N–H and O–H groups in total. The van der Waals surface area contributed by atoms with E-state index in [1.807, 2.05) is 32.0 Å². The second-order valence-corrected chi connectivity index (χ2v) is 15.8. The first kappa shape index (κ1) is 36.2. The van der Waals surface area contributed by atoms with E-state index in [-0.39, 0.29) is 29.9 Å². The summed E-state index contributed by atoms with van der Waals surface area (Å²) < 4.78 is 28.4. The highest BCUT2D eigenvalue weighted by Gasteiger charge is 2.65. The van der Waals surface area contributed by atoms with Gasteiger partial charge < -0.3 is 15.7 Å². The number of hydrogen-bond acceptors (Lipinski definition) is 7. The predicted molar refractivity (Wildman–Crippen MR) is 178 cm³/mol. The van der Waals surface area contributed by atoms with Crippen LogP contribution >= 0.6 is 0 Å². The molecule has 0 spiro atoms. The number of carboxylic acids is 1. The molecule has 0 aromatic heterocycles. The van der Waals surface area contributed by atoms with E-state index in [2.05, 4.69) is 39.6 Å². The van der Waals surface area contributed by atoms with E-state index in [1.165, 1.54) is 5.56 Å². The number of fused-ring (bicyclic) bond motifs is 3. The average molecular weight is 670 g/mol. The lowest BCUT2D eigenvalue weighted by molar-refractivity contribution is -0.141. The largest absolute Gasteiger partial charge is 0.481 e. The number of carbonyl (C=O) groups excluding carboxylic acids is 4. The van der Waals surface area contributed by atoms with E-state index in [0.717, 1.165) is 23.6 Å². The van der Waals surface area contributed by atoms with Gasteiger partial charge in [-0.15, -0.1) is 0 Å². The molecule has 0 radical (unpaired) electrons. The Hall–Kier alpha value is -3.64. The molecule has 256 valence electrons. The molecule has 2 aromatic carbocycles. The van der Waals surface area contributed by atoms with Gasteiger partial charge in [-0.2, -0.15) is 0 Å². The maximum atomic E-state index is 13.3. The van der Waals surface area contributed by atoms with Gasteiger partial charge in [-0.05, 0) is 59.3 Å². The third-order valence-corrected chi connectivity index (χ3v) is 12.0. The van der Waals surface area contributed by atoms with Crippen molar-refractivity contribution in [2.75, 3.05) is 18.8 Å². The maximum Gasteiger partial charge on any atom is 0.305 e. The number of rotatable bonds is 17. The molecule has 4 rings (SSSR count). The van der Waals surface area contributed by atoms with Crippen molar-refractivity contribution in [1.29, 1.82) is 0 Å². The van der Waals surface area contributed by atoms with Gasteiger partial charge in [-0.25, -0.2) is 13.1 Å². The van der Waals surface area contributed by atoms with Crippen LogP contribution < -0.4 is 15.4 Å². The van der Waals surface area contributed by atoms with Gasteiger partial charge in [0.05, 0.1) is 24.8 Å². The molecule has 11 nitrogen and oxygen atoms in total. The topological polar surface area (TPSA) is 176 Å². The summed E-state index contributed by atoms with van der Waals surface area (Å²) in [4.78, 5) is 63.6. The summed E-state index contributed by atoms with van der Waals surface area (Å²) in [5.41, 5.74) is -0.337. The summed E-state index contributed by atoms with van der Waals surface area (Å²) in [6, 6.07) is 12.7. The molecule has 47 heavy (non-hydrogen) atoms. The Labute approximate surface area is 276 Å². The van der Waals surface area contributed by atoms with Crippen LogP contribution in [0.1, 0.15) is 71.8 Å². The van der Waals surface area contributed by atoms with E-state index in [9.17, 15) is 37.5 Å². The van der Waals surface area contributed by atoms with Gasteiger partial charge in [0.15, 0.2) is 5.78 Å². The molecule has 2 aromatic rings. The van der Waals surface area contributed by atoms with E-state index in [0.29, 0.717) is 25.8 Å². The standard InChI is InChI=1S/C35H47N3O8S/c1-22(2)27(18-31(41)36-16-8-12-24-11-7-10-23-9-5-6-13-26(23)24)33(44)38-28(19-32(42)43)29(39)20-37-47(45,46)21-35-15-14-25(17-30(35)40)34(35,3)4/h5-7,9-11,13,22,25,27-28,37H,8,12,14-21H2,1-4H3,(H,36,41)(H,38,44)(H,42,43). The van der Waals surface area contributed by atoms with Crippen LogP contribution in [0.15, 0.2) is 42.5 Å². The minimum atomic E-state index is -4.09. The number of aryl methyl sites for hydroxylation is 1. The lowest BCUT2D eigenvalue weighted by Crippen LogP contribution is -2.51. The van der Waals surface area contributed by atoms with Crippen molar-refractivity contribution in [1.82, 2.24) is 15.4 Å². The third-order valence-electron chi connectivity index (χ3n) is 10.5. The quantitative estimate of drug-likeness (QED) is 0.185. The van der Waals surface area contributed by atoms with Crippen molar-refractivity contribution >= 4 is 50.1 Å². The molecule has 12 heteroatoms. The summed E-state index contributed by atoms with van der Waals surface area (Å²) >= 11 is 0. The van der Waals surface area contributed by atoms with E-state index in [1.54, 1.807) is 13.8 Å². The average Bonchev–Trinajstić information content (AvgIpc) is 3.34. The second-order valence-electron chi connectivity index (χ2n) is 14.0. The first-order valence-electron chi connectivity index (χ1n) is 16.3. The fraction of sp³-hybridized carbons (Fsp3) is 0.571. The van der Waals surface area contributed by atoms with Crippen LogP contribution in [0.2, 0.25) is 0 Å². The summed E-state index contributed by atoms with van der Waals surface area (Å²) in [6.45, 7) is 6.98. The first-order valence-corrected chi connectivity index (χ1v) is 18.0. The summed E-state index contributed by atoms with van der Waals surface area (Å²) in [5, 5.41) is 17.1. The van der Waals surface area contributed by atoms with Gasteiger partial charge in [0.2, 0.25) is 21.8 Å². The molecule has 0 saturated heterocycles. The van der Waals surface area contributed by atoms with Crippen molar-refractivity contribution in [3.63, 3.8) is 0 Å². The Morgan fingerprint density at radius 2 is 1.72 bits per heavy atom. The Morgan fingerprint density at radius 3 is 2.36 bits per heavy atom. The number of carboxylic acid groups (broad SMARTS) is 1. The number of Topliss-reactive ketones (excluding diaryl/α,β-unsaturated/α-hetero) is 2. The molecule has 2 amide bonds. The molecular weight excluding hydrogens is 622 g/mol. The SMILES string of the molecule is CC(C)C(CC(=O)NCCCc1cccc2ccccc12)C(=O)NC(CC(=O)O)C(=O)CNS(=O)(=O)CC12CCC(CC1=O)C2(C)C. The van der Waals surface area contributed by atoms with Crippen molar-refractivity contribution in [2.24, 2.45) is 28.6 Å². The Kier molecular flexibility index (Phi) is 11.3. The number of nitrogens with one attached hydrogen (secondary N) is 3. The fourth-order valence-corrected chi connectivity index (χ4v) is 9.20. The number of carbonyl (C=O) groups is 5. The van der Waals surface area contributed by atoms with Gasteiger partial charge in [-0.1, -0.05) is 70.2 Å². The van der Waals surface area contributed by atoms with E-state index < -0.39 is 69.2 Å². The minimum Gasteiger partial charge on any atom is -0.481 e. The highest BCUT2D eigenvalue weighted by molar-refractivity contribution is 7.89. The monoisotopic (exact) mass is 669 g/mol. The molecule has 2 saturated carbocycles. The zero-order chi connectivity index (χ0) is 34.6. The zero-order valence-corrected chi connectivity index (χ0v) is 28.5. The van der Waals surface area contributed by atoms with Crippen LogP contribution in [0.4, 0.5) is 0 Å². The number of benzene rings is 2. The predicted octanol–water partition coefficient (Wildman–Crippen LogP) is 3.39. The number of sulfonamides is 1. The minimum absolute atomic E-state index is 0.0833. The number of ketones is 2. The van der Waals surface area contributed by atoms with Crippen LogP contribution in [-0.2, 0) is 40.4 Å². The van der Waals surface area contributed by atoms with Gasteiger partial charge in [0.1, 0.15) is 5.78 Å². The lowest BCUT2D eigenvalue weighted by Gasteiger charge is -2.36. The summed E-state index contributed by atoms with van der Waals surface area (Å²) in [5.74, 6) is -4.76. The third kappa shape index (κ3) is 8.27. The molecule has 2 bridgehead atoms. The highest BCUT2D eigenvalue weighted by atomic mass is 32.2. The zero-order valence-electron chi connectivity index (χ0n) is 27.6. The molecule has 2 aliphatic carbocycles. The van der Waals surface area contributed by atoms with Crippen LogP contribution in [0.25, 0.3) is 10.8 Å². The summed E-state index contributed by atoms with van der Waals surface area (Å²) in [6.07, 6.45) is 2.10.